The van der Waals surface area contributed by atoms with Gasteiger partial charge in [-0.1, -0.05) is 36.4 Å². The molecule has 1 aromatic heterocycles. The maximum atomic E-state index is 12.4. The zero-order valence-corrected chi connectivity index (χ0v) is 15.0. The van der Waals surface area contributed by atoms with Gasteiger partial charge in [0.25, 0.3) is 0 Å². The average Bonchev–Trinajstić information content (AvgIpc) is 2.51. The molecule has 0 saturated carbocycles. The molecule has 2 nitrogen and oxygen atoms in total. The van der Waals surface area contributed by atoms with Crippen LogP contribution in [0, 0.1) is 13.8 Å². The second-order valence-electron chi connectivity index (χ2n) is 5.83. The van der Waals surface area contributed by atoms with E-state index in [1.807, 2.05) is 35.2 Å². The van der Waals surface area contributed by atoms with Crippen molar-refractivity contribution < 1.29 is 26.3 Å². The lowest BCUT2D eigenvalue weighted by atomic mass is 9.98. The van der Waals surface area contributed by atoms with Crippen LogP contribution in [0.1, 0.15) is 16.7 Å². The summed E-state index contributed by atoms with van der Waals surface area (Å²) in [6.45, 7) is 4.55. The van der Waals surface area contributed by atoms with E-state index in [4.69, 9.17) is 0 Å². The van der Waals surface area contributed by atoms with Gasteiger partial charge in [-0.25, -0.2) is 0 Å². The number of carbonyl (C=O) groups excluding carboxylic acids is 1. The fourth-order valence-corrected chi connectivity index (χ4v) is 2.86. The van der Waals surface area contributed by atoms with Crippen LogP contribution >= 0.6 is 0 Å². The Labute approximate surface area is 147 Å². The summed E-state index contributed by atoms with van der Waals surface area (Å²) in [7, 11) is 0. The van der Waals surface area contributed by atoms with Crippen molar-refractivity contribution in [2.45, 2.75) is 26.8 Å². The first-order valence-electron chi connectivity index (χ1n) is 7.58. The van der Waals surface area contributed by atoms with Gasteiger partial charge in [-0.05, 0) is 42.0 Å². The molecule has 23 heavy (non-hydrogen) atoms. The number of fused-ring (bicyclic) bond motifs is 1. The Morgan fingerprint density at radius 1 is 0.913 bits per heavy atom. The van der Waals surface area contributed by atoms with Gasteiger partial charge in [0, 0.05) is 17.9 Å². The molecule has 0 aliphatic carbocycles. The van der Waals surface area contributed by atoms with Crippen molar-refractivity contribution in [3.63, 3.8) is 0 Å². The number of Topliss-reactive ketones (excluding diaryl/α,β-unsaturated/α-hetero) is 1. The number of carbonyl (C=O) groups is 1. The lowest BCUT2D eigenvalue weighted by Gasteiger charge is -2.07. The molecule has 0 aliphatic heterocycles. The minimum atomic E-state index is 0. The van der Waals surface area contributed by atoms with Crippen LogP contribution in [0.3, 0.4) is 0 Å². The molecule has 0 fully saturated rings. The SMILES string of the molecule is Cc1cccc(C)c1CC(=O)C[n+]1ccc2ccccc2c1.[Br-]. The number of aromatic nitrogens is 1. The highest BCUT2D eigenvalue weighted by atomic mass is 79.9. The summed E-state index contributed by atoms with van der Waals surface area (Å²) < 4.78 is 1.97. The monoisotopic (exact) mass is 369 g/mol. The van der Waals surface area contributed by atoms with Crippen LogP contribution in [0.2, 0.25) is 0 Å². The summed E-state index contributed by atoms with van der Waals surface area (Å²) in [5, 5.41) is 2.35. The average molecular weight is 370 g/mol. The Morgan fingerprint density at radius 3 is 2.26 bits per heavy atom. The highest BCUT2D eigenvalue weighted by Crippen LogP contribution is 2.14. The van der Waals surface area contributed by atoms with Crippen LogP contribution < -0.4 is 21.5 Å². The van der Waals surface area contributed by atoms with E-state index in [1.165, 1.54) is 16.5 Å². The lowest BCUT2D eigenvalue weighted by molar-refractivity contribution is -0.683. The molecule has 2 aromatic carbocycles. The standard InChI is InChI=1S/C20H20NO.BrH/c1-15-6-5-7-16(2)20(15)12-19(22)14-21-11-10-17-8-3-4-9-18(17)13-21;/h3-11,13H,12,14H2,1-2H3;1H/q+1;/p-1. The highest BCUT2D eigenvalue weighted by Gasteiger charge is 2.13. The number of ketones is 1. The number of pyridine rings is 1. The molecule has 3 heteroatoms. The molecule has 0 bridgehead atoms. The van der Waals surface area contributed by atoms with E-state index < -0.39 is 0 Å². The third-order valence-electron chi connectivity index (χ3n) is 4.12. The van der Waals surface area contributed by atoms with Crippen molar-refractivity contribution in [2.75, 3.05) is 0 Å². The molecule has 0 atom stereocenters. The Bertz CT molecular complexity index is 822. The number of hydrogen-bond donors (Lipinski definition) is 0. The second-order valence-corrected chi connectivity index (χ2v) is 5.83. The van der Waals surface area contributed by atoms with Crippen LogP contribution in [-0.4, -0.2) is 5.78 Å². The van der Waals surface area contributed by atoms with Gasteiger partial charge in [0.1, 0.15) is 0 Å². The van der Waals surface area contributed by atoms with Gasteiger partial charge >= 0.3 is 0 Å². The number of hydrogen-bond acceptors (Lipinski definition) is 1. The fraction of sp³-hybridized carbons (Fsp3) is 0.200. The molecule has 118 valence electrons. The maximum absolute atomic E-state index is 12.4. The zero-order chi connectivity index (χ0) is 15.5. The quantitative estimate of drug-likeness (QED) is 0.615. The smallest absolute Gasteiger partial charge is 0.206 e. The van der Waals surface area contributed by atoms with Crippen molar-refractivity contribution in [1.29, 1.82) is 0 Å². The summed E-state index contributed by atoms with van der Waals surface area (Å²) in [6, 6.07) is 16.4. The van der Waals surface area contributed by atoms with Crippen LogP contribution in [0.5, 0.6) is 0 Å². The summed E-state index contributed by atoms with van der Waals surface area (Å²) in [5.41, 5.74) is 3.54. The molecule has 1 heterocycles. The normalized spacial score (nSPS) is 10.3. The molecule has 0 unspecified atom stereocenters. The van der Waals surface area contributed by atoms with E-state index in [2.05, 4.69) is 44.2 Å². The maximum Gasteiger partial charge on any atom is 0.206 e. The van der Waals surface area contributed by atoms with E-state index in [0.717, 1.165) is 10.9 Å². The van der Waals surface area contributed by atoms with E-state index >= 15 is 0 Å². The van der Waals surface area contributed by atoms with Crippen molar-refractivity contribution in [3.8, 4) is 0 Å². The highest BCUT2D eigenvalue weighted by molar-refractivity contribution is 5.82. The largest absolute Gasteiger partial charge is 1.00 e. The Hall–Kier alpha value is -2.00. The van der Waals surface area contributed by atoms with Gasteiger partial charge in [-0.3, -0.25) is 4.79 Å². The summed E-state index contributed by atoms with van der Waals surface area (Å²) in [6.07, 6.45) is 4.52. The van der Waals surface area contributed by atoms with Gasteiger partial charge in [-0.15, -0.1) is 0 Å². The van der Waals surface area contributed by atoms with Gasteiger partial charge < -0.3 is 17.0 Å². The lowest BCUT2D eigenvalue weighted by Crippen LogP contribution is -3.00. The summed E-state index contributed by atoms with van der Waals surface area (Å²) >= 11 is 0. The number of nitrogens with zero attached hydrogens (tertiary/aromatic N) is 1. The van der Waals surface area contributed by atoms with E-state index in [9.17, 15) is 4.79 Å². The molecule has 0 saturated heterocycles. The first-order chi connectivity index (χ1) is 10.6. The van der Waals surface area contributed by atoms with Crippen LogP contribution in [0.25, 0.3) is 10.8 Å². The van der Waals surface area contributed by atoms with E-state index in [-0.39, 0.29) is 22.8 Å². The molecule has 0 spiro atoms. The van der Waals surface area contributed by atoms with Gasteiger partial charge in [0.2, 0.25) is 12.3 Å². The summed E-state index contributed by atoms with van der Waals surface area (Å²) in [5.74, 6) is 0.234. The third kappa shape index (κ3) is 4.05. The summed E-state index contributed by atoms with van der Waals surface area (Å²) in [4.78, 5) is 12.4. The number of rotatable bonds is 4. The topological polar surface area (TPSA) is 20.9 Å². The molecule has 3 aromatic rings. The minimum Gasteiger partial charge on any atom is -1.00 e. The van der Waals surface area contributed by atoms with E-state index in [1.54, 1.807) is 0 Å². The first-order valence-corrected chi connectivity index (χ1v) is 7.58. The Kier molecular flexibility index (Phi) is 5.67. The molecular weight excluding hydrogens is 350 g/mol. The fourth-order valence-electron chi connectivity index (χ4n) is 2.86. The molecular formula is C20H20BrNO. The van der Waals surface area contributed by atoms with Crippen molar-refractivity contribution in [3.05, 3.63) is 77.6 Å². The molecule has 3 rings (SSSR count). The Balaban J connectivity index is 0.00000192. The van der Waals surface area contributed by atoms with Crippen molar-refractivity contribution in [2.24, 2.45) is 0 Å². The van der Waals surface area contributed by atoms with Crippen molar-refractivity contribution >= 4 is 16.6 Å². The second kappa shape index (κ2) is 7.51. The van der Waals surface area contributed by atoms with Crippen LogP contribution in [0.4, 0.5) is 0 Å². The van der Waals surface area contributed by atoms with Gasteiger partial charge in [0.05, 0.1) is 0 Å². The molecule has 0 aliphatic rings. The zero-order valence-electron chi connectivity index (χ0n) is 13.4. The van der Waals surface area contributed by atoms with Crippen molar-refractivity contribution in [1.82, 2.24) is 0 Å². The molecule has 0 radical (unpaired) electrons. The van der Waals surface area contributed by atoms with Crippen LogP contribution in [-0.2, 0) is 17.8 Å². The van der Waals surface area contributed by atoms with E-state index in [0.29, 0.717) is 13.0 Å². The van der Waals surface area contributed by atoms with Gasteiger partial charge in [0.15, 0.2) is 12.4 Å². The predicted octanol–water partition coefficient (Wildman–Crippen LogP) is 0.560. The van der Waals surface area contributed by atoms with Gasteiger partial charge in [-0.2, -0.15) is 4.57 Å². The molecule has 0 amide bonds. The Morgan fingerprint density at radius 2 is 1.57 bits per heavy atom. The first kappa shape index (κ1) is 17.4. The third-order valence-corrected chi connectivity index (χ3v) is 4.12. The molecule has 0 N–H and O–H groups in total. The number of benzene rings is 2. The number of aryl methyl sites for hydroxylation is 2. The van der Waals surface area contributed by atoms with Crippen LogP contribution in [0.15, 0.2) is 60.9 Å². The minimum absolute atomic E-state index is 0. The predicted molar refractivity (Wildman–Crippen MR) is 88.8 cm³/mol. The number of halogens is 1.